The lowest BCUT2D eigenvalue weighted by Crippen LogP contribution is -2.31. The van der Waals surface area contributed by atoms with Crippen LogP contribution in [0.3, 0.4) is 0 Å². The molecule has 0 atom stereocenters. The largest absolute Gasteiger partial charge is 0.361 e. The van der Waals surface area contributed by atoms with Crippen molar-refractivity contribution in [3.63, 3.8) is 0 Å². The van der Waals surface area contributed by atoms with Crippen LogP contribution in [-0.4, -0.2) is 21.8 Å². The van der Waals surface area contributed by atoms with Gasteiger partial charge in [0.2, 0.25) is 5.78 Å². The number of hydrogen-bond donors (Lipinski definition) is 0. The second-order valence-corrected chi connectivity index (χ2v) is 4.51. The molecule has 1 rings (SSSR count). The highest BCUT2D eigenvalue weighted by Gasteiger charge is 2.32. The van der Waals surface area contributed by atoms with Crippen molar-refractivity contribution in [3.8, 4) is 0 Å². The Morgan fingerprint density at radius 2 is 2.27 bits per heavy atom. The fourth-order valence-corrected chi connectivity index (χ4v) is 1.32. The minimum absolute atomic E-state index is 0.292. The lowest BCUT2D eigenvalue weighted by atomic mass is 9.84. The first-order valence-corrected chi connectivity index (χ1v) is 5.11. The van der Waals surface area contributed by atoms with Crippen LogP contribution >= 0.6 is 15.9 Å². The third-order valence-electron chi connectivity index (χ3n) is 2.16. The molecule has 0 saturated carbocycles. The quantitative estimate of drug-likeness (QED) is 0.478. The second-order valence-electron chi connectivity index (χ2n) is 3.60. The predicted octanol–water partition coefficient (Wildman–Crippen LogP) is 1.99. The molecule has 0 aromatic carbocycles. The van der Waals surface area contributed by atoms with E-state index in [0.29, 0.717) is 5.69 Å². The summed E-state index contributed by atoms with van der Waals surface area (Å²) < 4.78 is 0.852. The summed E-state index contributed by atoms with van der Waals surface area (Å²) in [5, 5.41) is 0. The molecule has 0 radical (unpaired) electrons. The van der Waals surface area contributed by atoms with Crippen LogP contribution in [0.15, 0.2) is 22.8 Å². The van der Waals surface area contributed by atoms with Crippen LogP contribution < -0.4 is 0 Å². The summed E-state index contributed by atoms with van der Waals surface area (Å²) in [7, 11) is 0. The van der Waals surface area contributed by atoms with E-state index in [-0.39, 0.29) is 5.78 Å². The molecule has 78 valence electrons. The molecule has 1 heterocycles. The third-order valence-corrected chi connectivity index (χ3v) is 2.63. The lowest BCUT2D eigenvalue weighted by molar-refractivity contribution is -0.120. The van der Waals surface area contributed by atoms with Gasteiger partial charge in [-0.05, 0) is 41.9 Å². The summed E-state index contributed by atoms with van der Waals surface area (Å²) >= 11 is 3.27. The molecule has 4 nitrogen and oxygen atoms in total. The minimum atomic E-state index is -0.785. The Kier molecular flexibility index (Phi) is 3.50. The summed E-state index contributed by atoms with van der Waals surface area (Å²) in [6.45, 7) is 3.46. The summed E-state index contributed by atoms with van der Waals surface area (Å²) in [6.07, 6.45) is 2.52. The topological polar surface area (TPSA) is 66.4 Å². The van der Waals surface area contributed by atoms with E-state index in [2.05, 4.69) is 25.7 Å². The van der Waals surface area contributed by atoms with E-state index in [9.17, 15) is 4.79 Å². The molecule has 1 aromatic rings. The van der Waals surface area contributed by atoms with Gasteiger partial charge in [-0.3, -0.25) is 9.78 Å². The Labute approximate surface area is 96.1 Å². The molecule has 0 aliphatic carbocycles. The average Bonchev–Trinajstić information content (AvgIpc) is 2.18. The molecule has 0 spiro atoms. The van der Waals surface area contributed by atoms with E-state index in [1.165, 1.54) is 0 Å². The van der Waals surface area contributed by atoms with Gasteiger partial charge in [0.05, 0.1) is 11.1 Å². The molecule has 0 fully saturated rings. The van der Waals surface area contributed by atoms with Crippen molar-refractivity contribution >= 4 is 27.9 Å². The van der Waals surface area contributed by atoms with Crippen LogP contribution in [0.25, 0.3) is 5.53 Å². The first-order chi connectivity index (χ1) is 6.98. The van der Waals surface area contributed by atoms with Gasteiger partial charge in [-0.15, -0.1) is 0 Å². The van der Waals surface area contributed by atoms with Gasteiger partial charge in [0.15, 0.2) is 0 Å². The summed E-state index contributed by atoms with van der Waals surface area (Å²) in [6, 6.07) is 3.57. The number of Topliss-reactive ketones (excluding diaryl/α,β-unsaturated/α-hetero) is 1. The first-order valence-electron chi connectivity index (χ1n) is 4.32. The number of rotatable bonds is 3. The Balaban J connectivity index is 3.10. The zero-order chi connectivity index (χ0) is 11.5. The van der Waals surface area contributed by atoms with Crippen molar-refractivity contribution in [2.24, 2.45) is 0 Å². The van der Waals surface area contributed by atoms with E-state index >= 15 is 0 Å². The van der Waals surface area contributed by atoms with Crippen molar-refractivity contribution in [1.82, 2.24) is 4.98 Å². The van der Waals surface area contributed by atoms with Crippen molar-refractivity contribution in [2.75, 3.05) is 0 Å². The number of nitrogens with zero attached hydrogens (tertiary/aromatic N) is 3. The lowest BCUT2D eigenvalue weighted by Gasteiger charge is -2.18. The second kappa shape index (κ2) is 4.47. The predicted molar refractivity (Wildman–Crippen MR) is 59.7 cm³/mol. The zero-order valence-corrected chi connectivity index (χ0v) is 10.0. The normalized spacial score (nSPS) is 10.6. The highest BCUT2D eigenvalue weighted by atomic mass is 79.9. The fourth-order valence-electron chi connectivity index (χ4n) is 1.09. The number of aromatic nitrogens is 1. The molecular weight excluding hydrogens is 258 g/mol. The number of carbonyl (C=O) groups excluding carboxylic acids is 1. The number of halogens is 1. The van der Waals surface area contributed by atoms with Gasteiger partial charge >= 0.3 is 6.21 Å². The van der Waals surface area contributed by atoms with Crippen molar-refractivity contribution in [2.45, 2.75) is 19.3 Å². The standard InChI is InChI=1S/C10H10BrN3O/c1-10(2,9(15)6-14-12)8-4-3-7(11)5-13-8/h3-6H,1-2H3. The van der Waals surface area contributed by atoms with Crippen LogP contribution in [0.2, 0.25) is 0 Å². The van der Waals surface area contributed by atoms with Gasteiger partial charge < -0.3 is 5.53 Å². The fraction of sp³-hybridized carbons (Fsp3) is 0.300. The molecule has 0 saturated heterocycles. The van der Waals surface area contributed by atoms with E-state index in [0.717, 1.165) is 10.7 Å². The van der Waals surface area contributed by atoms with E-state index in [1.54, 1.807) is 26.1 Å². The molecule has 0 amide bonds. The molecule has 0 N–H and O–H groups in total. The minimum Gasteiger partial charge on any atom is -0.361 e. The van der Waals surface area contributed by atoms with Crippen molar-refractivity contribution in [1.29, 1.82) is 0 Å². The molecule has 15 heavy (non-hydrogen) atoms. The summed E-state index contributed by atoms with van der Waals surface area (Å²) in [4.78, 5) is 18.5. The maximum atomic E-state index is 11.6. The van der Waals surface area contributed by atoms with Gasteiger partial charge in [0, 0.05) is 10.7 Å². The Bertz CT molecular complexity index is 419. The van der Waals surface area contributed by atoms with Crippen LogP contribution in [0, 0.1) is 0 Å². The average molecular weight is 268 g/mol. The molecule has 0 bridgehead atoms. The van der Waals surface area contributed by atoms with Crippen LogP contribution in [0.5, 0.6) is 0 Å². The number of hydrogen-bond acceptors (Lipinski definition) is 2. The van der Waals surface area contributed by atoms with Crippen molar-refractivity contribution in [3.05, 3.63) is 34.0 Å². The Morgan fingerprint density at radius 1 is 1.60 bits per heavy atom. The molecular formula is C10H10BrN3O. The smallest absolute Gasteiger partial charge is 0.324 e. The zero-order valence-electron chi connectivity index (χ0n) is 8.44. The maximum Gasteiger partial charge on any atom is 0.324 e. The Hall–Kier alpha value is -1.32. The van der Waals surface area contributed by atoms with Gasteiger partial charge in [-0.2, -0.15) is 4.79 Å². The number of pyridine rings is 1. The molecule has 0 unspecified atom stereocenters. The van der Waals surface area contributed by atoms with Crippen LogP contribution in [0.1, 0.15) is 19.5 Å². The van der Waals surface area contributed by atoms with Crippen LogP contribution in [0.4, 0.5) is 0 Å². The third kappa shape index (κ3) is 2.58. The van der Waals surface area contributed by atoms with Crippen LogP contribution in [-0.2, 0) is 10.2 Å². The monoisotopic (exact) mass is 267 g/mol. The number of carbonyl (C=O) groups is 1. The van der Waals surface area contributed by atoms with Crippen molar-refractivity contribution < 1.29 is 9.58 Å². The van der Waals surface area contributed by atoms with Gasteiger partial charge in [0.25, 0.3) is 0 Å². The van der Waals surface area contributed by atoms with E-state index in [4.69, 9.17) is 5.53 Å². The molecule has 0 aliphatic heterocycles. The molecule has 5 heteroatoms. The highest BCUT2D eigenvalue weighted by molar-refractivity contribution is 9.10. The van der Waals surface area contributed by atoms with Gasteiger partial charge in [-0.25, -0.2) is 0 Å². The summed E-state index contributed by atoms with van der Waals surface area (Å²) in [5.74, 6) is -0.292. The Morgan fingerprint density at radius 3 is 2.73 bits per heavy atom. The maximum absolute atomic E-state index is 11.6. The summed E-state index contributed by atoms with van der Waals surface area (Å²) in [5.41, 5.74) is 8.16. The van der Waals surface area contributed by atoms with E-state index < -0.39 is 5.41 Å². The molecule has 1 aromatic heterocycles. The highest BCUT2D eigenvalue weighted by Crippen LogP contribution is 2.22. The number of ketones is 1. The van der Waals surface area contributed by atoms with Gasteiger partial charge in [-0.1, -0.05) is 0 Å². The van der Waals surface area contributed by atoms with Gasteiger partial charge in [0.1, 0.15) is 0 Å². The van der Waals surface area contributed by atoms with E-state index in [1.807, 2.05) is 6.07 Å². The first kappa shape index (κ1) is 11.8. The molecule has 0 aliphatic rings. The SMILES string of the molecule is CC(C)(C(=O)C=[N+]=[N-])c1ccc(Br)cn1.